The molecule has 0 spiro atoms. The highest BCUT2D eigenvalue weighted by Crippen LogP contribution is 2.36. The predicted molar refractivity (Wildman–Crippen MR) is 398 cm³/mol. The molecule has 7 aromatic carbocycles. The lowest BCUT2D eigenvalue weighted by Crippen LogP contribution is -2.16. The number of benzene rings is 7. The van der Waals surface area contributed by atoms with Crippen LogP contribution in [0.3, 0.4) is 0 Å². The fourth-order valence-electron chi connectivity index (χ4n) is 10.6. The summed E-state index contributed by atoms with van der Waals surface area (Å²) < 4.78 is 0. The predicted octanol–water partition coefficient (Wildman–Crippen LogP) is 25.7. The van der Waals surface area contributed by atoms with E-state index in [4.69, 9.17) is 0 Å². The van der Waals surface area contributed by atoms with Crippen molar-refractivity contribution in [1.29, 1.82) is 0 Å². The molecule has 7 rings (SSSR count). The van der Waals surface area contributed by atoms with Gasteiger partial charge in [-0.25, -0.2) is 0 Å². The Kier molecular flexibility index (Phi) is 20.2. The normalized spacial score (nSPS) is 13.7. The van der Waals surface area contributed by atoms with Crippen molar-refractivity contribution in [1.82, 2.24) is 0 Å². The molecule has 0 bridgehead atoms. The van der Waals surface area contributed by atoms with E-state index in [-0.39, 0.29) is 43.3 Å². The Morgan fingerprint density at radius 3 is 0.364 bits per heavy atom. The Hall–Kier alpha value is -7.28. The highest BCUT2D eigenvalue weighted by Gasteiger charge is 2.24. The summed E-state index contributed by atoms with van der Waals surface area (Å²) in [5.41, 5.74) is 26.0. The van der Waals surface area contributed by atoms with Gasteiger partial charge in [-0.2, -0.15) is 0 Å². The zero-order chi connectivity index (χ0) is 65.2. The van der Waals surface area contributed by atoms with Gasteiger partial charge in [0.2, 0.25) is 0 Å². The molecule has 0 unspecified atom stereocenters. The van der Waals surface area contributed by atoms with Crippen LogP contribution in [0.25, 0.3) is 79.0 Å². The molecule has 0 aliphatic carbocycles. The van der Waals surface area contributed by atoms with Gasteiger partial charge in [0.15, 0.2) is 0 Å². The van der Waals surface area contributed by atoms with Crippen molar-refractivity contribution in [3.05, 3.63) is 251 Å². The molecular weight excluding hydrogens is 1060 g/mol. The van der Waals surface area contributed by atoms with Crippen LogP contribution >= 0.6 is 0 Å². The van der Waals surface area contributed by atoms with Crippen molar-refractivity contribution in [2.45, 2.75) is 209 Å². The van der Waals surface area contributed by atoms with Crippen LogP contribution in [-0.4, -0.2) is 0 Å². The molecule has 460 valence electrons. The SMILES string of the molecule is C=Cc1cc(C=Cc2cc(C=Cc3cc(C(C)(C)C)cc(C(C)(C)C)c3)cc(C=Cc3cc(C(C)(C)C)cc(C(C)(C)C)c3)c2)cc(C=Cc2cc(C=Cc3cc(C(C)(C)C)cc(C(C)(C)C)c3)cc(C=Cc3cc(C(C)(C)C)cc(C(C)(C)C)c3)c2)c1. The minimum absolute atomic E-state index is 0.0280. The second-order valence-corrected chi connectivity index (χ2v) is 33.4. The zero-order valence-corrected chi connectivity index (χ0v) is 58.8. The summed E-state index contributed by atoms with van der Waals surface area (Å²) in [5.74, 6) is 0. The molecule has 0 N–H and O–H groups in total. The lowest BCUT2D eigenvalue weighted by molar-refractivity contribution is 0.568. The molecular formula is C88H108. The zero-order valence-electron chi connectivity index (χ0n) is 58.8. The van der Waals surface area contributed by atoms with Crippen LogP contribution in [0.15, 0.2) is 134 Å². The fourth-order valence-corrected chi connectivity index (χ4v) is 10.6. The lowest BCUT2D eigenvalue weighted by atomic mass is 9.79. The third-order valence-corrected chi connectivity index (χ3v) is 16.8. The molecule has 0 aliphatic heterocycles. The quantitative estimate of drug-likeness (QED) is 0.101. The molecule has 0 nitrogen and oxygen atoms in total. The second kappa shape index (κ2) is 26.0. The minimum atomic E-state index is 0.0280. The van der Waals surface area contributed by atoms with E-state index in [1.807, 2.05) is 6.08 Å². The summed E-state index contributed by atoms with van der Waals surface area (Å²) in [4.78, 5) is 0. The third kappa shape index (κ3) is 19.4. The Morgan fingerprint density at radius 2 is 0.261 bits per heavy atom. The summed E-state index contributed by atoms with van der Waals surface area (Å²) in [6.45, 7) is 59.6. The standard InChI is InChI=1S/C88H108/c1-26-60-39-61(27-29-63-42-65(31-35-69-48-73(81(2,3)4)56-74(49-69)82(5,6)7)46-66(43-63)32-36-70-50-75(83(8,9)10)57-76(51-70)84(11,12)13)41-62(40-60)28-30-64-44-67(33-37-71-52-77(85(14,15)16)58-78(53-71)86(17,18)19)47-68(45-64)34-38-72-54-79(87(20,21)22)59-80(55-72)88(23,24)25/h26-59H,1H2,2-25H3. The molecule has 88 heavy (non-hydrogen) atoms. The smallest absolute Gasteiger partial charge is 0.0132 e. The minimum Gasteiger partial charge on any atom is -0.0985 e. The molecule has 0 amide bonds. The van der Waals surface area contributed by atoms with Crippen molar-refractivity contribution in [2.24, 2.45) is 0 Å². The topological polar surface area (TPSA) is 0 Å². The van der Waals surface area contributed by atoms with Crippen molar-refractivity contribution < 1.29 is 0 Å². The van der Waals surface area contributed by atoms with Crippen LogP contribution in [0.2, 0.25) is 0 Å². The molecule has 0 aliphatic rings. The van der Waals surface area contributed by atoms with Gasteiger partial charge in [-0.3, -0.25) is 0 Å². The van der Waals surface area contributed by atoms with E-state index in [1.165, 1.54) is 66.8 Å². The van der Waals surface area contributed by atoms with Crippen LogP contribution in [0.1, 0.15) is 283 Å². The molecule has 0 heteroatoms. The van der Waals surface area contributed by atoms with Crippen molar-refractivity contribution in [2.75, 3.05) is 0 Å². The first kappa shape index (κ1) is 68.2. The van der Waals surface area contributed by atoms with E-state index in [9.17, 15) is 0 Å². The summed E-state index contributed by atoms with van der Waals surface area (Å²) in [6.07, 6.45) is 29.3. The van der Waals surface area contributed by atoms with Gasteiger partial charge >= 0.3 is 0 Å². The van der Waals surface area contributed by atoms with Gasteiger partial charge in [0.25, 0.3) is 0 Å². The van der Waals surface area contributed by atoms with Gasteiger partial charge in [0.05, 0.1) is 0 Å². The van der Waals surface area contributed by atoms with Crippen molar-refractivity contribution in [3.63, 3.8) is 0 Å². The summed E-state index contributed by atoms with van der Waals surface area (Å²) in [6, 6.07) is 49.1. The van der Waals surface area contributed by atoms with E-state index in [0.717, 1.165) is 50.1 Å². The summed E-state index contributed by atoms with van der Waals surface area (Å²) >= 11 is 0. The van der Waals surface area contributed by atoms with E-state index in [2.05, 4.69) is 373 Å². The maximum atomic E-state index is 4.25. The molecule has 0 atom stereocenters. The van der Waals surface area contributed by atoms with E-state index in [1.54, 1.807) is 0 Å². The van der Waals surface area contributed by atoms with Crippen LogP contribution in [0.4, 0.5) is 0 Å². The molecule has 0 aromatic heterocycles. The number of rotatable bonds is 13. The maximum absolute atomic E-state index is 4.25. The van der Waals surface area contributed by atoms with Gasteiger partial charge in [-0.1, -0.05) is 325 Å². The van der Waals surface area contributed by atoms with Gasteiger partial charge in [0.1, 0.15) is 0 Å². The molecule has 0 saturated heterocycles. The molecule has 7 aromatic rings. The lowest BCUT2D eigenvalue weighted by Gasteiger charge is -2.25. The average molecular weight is 1170 g/mol. The van der Waals surface area contributed by atoms with Crippen LogP contribution < -0.4 is 0 Å². The monoisotopic (exact) mass is 1160 g/mol. The van der Waals surface area contributed by atoms with E-state index in [0.29, 0.717) is 0 Å². The Balaban J connectivity index is 1.31. The van der Waals surface area contributed by atoms with Gasteiger partial charge in [-0.15, -0.1) is 0 Å². The molecule has 0 saturated carbocycles. The molecule has 0 fully saturated rings. The number of hydrogen-bond donors (Lipinski definition) is 0. The van der Waals surface area contributed by atoms with Gasteiger partial charge in [-0.05, 0) is 215 Å². The van der Waals surface area contributed by atoms with Crippen LogP contribution in [-0.2, 0) is 43.3 Å². The van der Waals surface area contributed by atoms with E-state index < -0.39 is 0 Å². The Labute approximate surface area is 536 Å². The summed E-state index contributed by atoms with van der Waals surface area (Å²) in [5, 5.41) is 0. The third-order valence-electron chi connectivity index (χ3n) is 16.8. The van der Waals surface area contributed by atoms with Gasteiger partial charge < -0.3 is 0 Å². The highest BCUT2D eigenvalue weighted by atomic mass is 14.3. The summed E-state index contributed by atoms with van der Waals surface area (Å²) in [7, 11) is 0. The number of hydrogen-bond acceptors (Lipinski definition) is 0. The second-order valence-electron chi connectivity index (χ2n) is 33.4. The Bertz CT molecular complexity index is 3250. The van der Waals surface area contributed by atoms with Gasteiger partial charge in [0, 0.05) is 0 Å². The fraction of sp³-hybridized carbons (Fsp3) is 0.364. The first-order valence-corrected chi connectivity index (χ1v) is 32.3. The maximum Gasteiger partial charge on any atom is -0.0132 e. The van der Waals surface area contributed by atoms with Crippen LogP contribution in [0, 0.1) is 0 Å². The van der Waals surface area contributed by atoms with Crippen LogP contribution in [0.5, 0.6) is 0 Å². The molecule has 0 radical (unpaired) electrons. The van der Waals surface area contributed by atoms with Crippen molar-refractivity contribution in [3.8, 4) is 0 Å². The van der Waals surface area contributed by atoms with Crippen molar-refractivity contribution >= 4 is 79.0 Å². The first-order chi connectivity index (χ1) is 40.5. The first-order valence-electron chi connectivity index (χ1n) is 32.3. The highest BCUT2D eigenvalue weighted by molar-refractivity contribution is 5.83. The molecule has 0 heterocycles. The average Bonchev–Trinajstić information content (AvgIpc) is 1.37. The largest absolute Gasteiger partial charge is 0.0985 e. The van der Waals surface area contributed by atoms with E-state index >= 15 is 0 Å². The Morgan fingerprint density at radius 1 is 0.159 bits per heavy atom.